The summed E-state index contributed by atoms with van der Waals surface area (Å²) in [5.41, 5.74) is 1.08. The Labute approximate surface area is 175 Å². The number of rotatable bonds is 6. The predicted octanol–water partition coefficient (Wildman–Crippen LogP) is 3.13. The molecule has 1 N–H and O–H groups in total. The van der Waals surface area contributed by atoms with Gasteiger partial charge in [0.2, 0.25) is 0 Å². The summed E-state index contributed by atoms with van der Waals surface area (Å²) < 4.78 is 17.1. The zero-order chi connectivity index (χ0) is 17.5. The van der Waals surface area contributed by atoms with E-state index in [4.69, 9.17) is 14.2 Å². The smallest absolute Gasteiger partial charge is 0.193 e. The molecule has 1 aromatic carbocycles. The first-order valence-corrected chi connectivity index (χ1v) is 8.78. The van der Waals surface area contributed by atoms with Crippen LogP contribution in [0.3, 0.4) is 0 Å². The van der Waals surface area contributed by atoms with E-state index >= 15 is 0 Å². The lowest BCUT2D eigenvalue weighted by atomic mass is 10.1. The van der Waals surface area contributed by atoms with Gasteiger partial charge in [-0.15, -0.1) is 24.0 Å². The Morgan fingerprint density at radius 1 is 1.36 bits per heavy atom. The number of nitrogens with zero attached hydrogens (tertiary/aromatic N) is 2. The number of hydrogen-bond acceptors (Lipinski definition) is 4. The van der Waals surface area contributed by atoms with Gasteiger partial charge in [0, 0.05) is 44.2 Å². The van der Waals surface area contributed by atoms with Crippen LogP contribution in [0.15, 0.2) is 21.6 Å². The van der Waals surface area contributed by atoms with Gasteiger partial charge in [-0.2, -0.15) is 0 Å². The number of methoxy groups -OCH3 is 2. The van der Waals surface area contributed by atoms with Crippen LogP contribution in [0.25, 0.3) is 0 Å². The van der Waals surface area contributed by atoms with E-state index in [1.165, 1.54) is 0 Å². The van der Waals surface area contributed by atoms with E-state index in [1.807, 2.05) is 12.1 Å². The third kappa shape index (κ3) is 6.18. The molecule has 0 saturated carbocycles. The summed E-state index contributed by atoms with van der Waals surface area (Å²) in [6, 6.07) is 3.88. The Bertz CT molecular complexity index is 581. The molecule has 2 rings (SSSR count). The number of aliphatic imine (C=N–C) groups is 1. The molecule has 0 aromatic heterocycles. The lowest BCUT2D eigenvalue weighted by Crippen LogP contribution is -2.41. The van der Waals surface area contributed by atoms with Gasteiger partial charge in [0.05, 0.1) is 20.8 Å². The molecule has 0 bridgehead atoms. The average molecular weight is 528 g/mol. The summed E-state index contributed by atoms with van der Waals surface area (Å²) in [7, 11) is 7.12. The number of halogens is 2. The molecule has 0 amide bonds. The monoisotopic (exact) mass is 527 g/mol. The molecule has 1 fully saturated rings. The second-order valence-electron chi connectivity index (χ2n) is 5.81. The van der Waals surface area contributed by atoms with Crippen molar-refractivity contribution in [2.75, 3.05) is 48.1 Å². The third-order valence-electron chi connectivity index (χ3n) is 4.12. The van der Waals surface area contributed by atoms with Crippen LogP contribution in [-0.4, -0.2) is 58.9 Å². The molecule has 8 heteroatoms. The first kappa shape index (κ1) is 22.3. The Kier molecular flexibility index (Phi) is 9.88. The number of hydrogen-bond donors (Lipinski definition) is 1. The van der Waals surface area contributed by atoms with Gasteiger partial charge in [0.1, 0.15) is 0 Å². The van der Waals surface area contributed by atoms with E-state index in [1.54, 1.807) is 21.3 Å². The highest BCUT2D eigenvalue weighted by molar-refractivity contribution is 14.0. The van der Waals surface area contributed by atoms with Gasteiger partial charge in [0.25, 0.3) is 0 Å². The fourth-order valence-electron chi connectivity index (χ4n) is 2.79. The van der Waals surface area contributed by atoms with Crippen LogP contribution in [0.5, 0.6) is 11.5 Å². The van der Waals surface area contributed by atoms with Crippen molar-refractivity contribution < 1.29 is 14.2 Å². The quantitative estimate of drug-likeness (QED) is 0.350. The maximum Gasteiger partial charge on any atom is 0.193 e. The van der Waals surface area contributed by atoms with E-state index in [2.05, 4.69) is 38.2 Å². The topological polar surface area (TPSA) is 55.3 Å². The Hall–Kier alpha value is -0.740. The van der Waals surface area contributed by atoms with Crippen LogP contribution in [-0.2, 0) is 11.3 Å². The van der Waals surface area contributed by atoms with Crippen molar-refractivity contribution in [2.24, 2.45) is 10.9 Å². The van der Waals surface area contributed by atoms with E-state index in [0.717, 1.165) is 42.2 Å². The standard InChI is InChI=1S/C17H26BrN3O3.HI/c1-19-17(21(2)10-12-5-6-24-11-12)20-9-13-7-15(22-3)16(23-4)8-14(13)18;/h7-8,12H,5-6,9-11H2,1-4H3,(H,19,20);1H. The number of ether oxygens (including phenoxy) is 3. The molecule has 0 aliphatic carbocycles. The first-order chi connectivity index (χ1) is 11.6. The molecule has 1 unspecified atom stereocenters. The van der Waals surface area contributed by atoms with Crippen LogP contribution in [0.2, 0.25) is 0 Å². The van der Waals surface area contributed by atoms with E-state index in [0.29, 0.717) is 24.0 Å². The molecular formula is C17H27BrIN3O3. The highest BCUT2D eigenvalue weighted by Gasteiger charge is 2.19. The van der Waals surface area contributed by atoms with Crippen molar-refractivity contribution in [3.63, 3.8) is 0 Å². The molecule has 1 saturated heterocycles. The van der Waals surface area contributed by atoms with Crippen LogP contribution in [0.1, 0.15) is 12.0 Å². The fourth-order valence-corrected chi connectivity index (χ4v) is 3.25. The van der Waals surface area contributed by atoms with E-state index in [-0.39, 0.29) is 24.0 Å². The van der Waals surface area contributed by atoms with Gasteiger partial charge in [-0.1, -0.05) is 15.9 Å². The van der Waals surface area contributed by atoms with Crippen LogP contribution in [0, 0.1) is 5.92 Å². The lowest BCUT2D eigenvalue weighted by Gasteiger charge is -2.24. The molecule has 0 radical (unpaired) electrons. The molecule has 1 aromatic rings. The molecular weight excluding hydrogens is 501 g/mol. The van der Waals surface area contributed by atoms with Crippen molar-refractivity contribution in [1.29, 1.82) is 0 Å². The summed E-state index contributed by atoms with van der Waals surface area (Å²) in [6.45, 7) is 3.28. The molecule has 25 heavy (non-hydrogen) atoms. The number of benzene rings is 1. The highest BCUT2D eigenvalue weighted by Crippen LogP contribution is 2.33. The maximum absolute atomic E-state index is 5.44. The second-order valence-corrected chi connectivity index (χ2v) is 6.66. The Morgan fingerprint density at radius 2 is 2.04 bits per heavy atom. The van der Waals surface area contributed by atoms with Gasteiger partial charge in [-0.05, 0) is 24.1 Å². The molecule has 1 heterocycles. The molecule has 6 nitrogen and oxygen atoms in total. The SMILES string of the molecule is CN=C(NCc1cc(OC)c(OC)cc1Br)N(C)CC1CCOC1.I. The second kappa shape index (κ2) is 11.1. The third-order valence-corrected chi connectivity index (χ3v) is 4.86. The molecule has 1 atom stereocenters. The minimum atomic E-state index is 0. The maximum atomic E-state index is 5.44. The van der Waals surface area contributed by atoms with Crippen molar-refractivity contribution >= 4 is 45.9 Å². The Balaban J connectivity index is 0.00000312. The summed E-state index contributed by atoms with van der Waals surface area (Å²) in [5.74, 6) is 2.85. The zero-order valence-electron chi connectivity index (χ0n) is 15.2. The zero-order valence-corrected chi connectivity index (χ0v) is 19.1. The van der Waals surface area contributed by atoms with Gasteiger partial charge < -0.3 is 24.4 Å². The minimum Gasteiger partial charge on any atom is -0.493 e. The molecule has 142 valence electrons. The van der Waals surface area contributed by atoms with Crippen molar-refractivity contribution in [3.8, 4) is 11.5 Å². The Morgan fingerprint density at radius 3 is 2.60 bits per heavy atom. The number of guanidine groups is 1. The minimum absolute atomic E-state index is 0. The van der Waals surface area contributed by atoms with Gasteiger partial charge in [-0.25, -0.2) is 0 Å². The average Bonchev–Trinajstić information content (AvgIpc) is 3.09. The van der Waals surface area contributed by atoms with Gasteiger partial charge >= 0.3 is 0 Å². The highest BCUT2D eigenvalue weighted by atomic mass is 127. The van der Waals surface area contributed by atoms with Gasteiger partial charge in [0.15, 0.2) is 17.5 Å². The summed E-state index contributed by atoms with van der Waals surface area (Å²) in [5, 5.41) is 3.40. The van der Waals surface area contributed by atoms with Crippen molar-refractivity contribution in [3.05, 3.63) is 22.2 Å². The summed E-state index contributed by atoms with van der Waals surface area (Å²) in [4.78, 5) is 6.52. The normalized spacial score (nSPS) is 17.0. The fraction of sp³-hybridized carbons (Fsp3) is 0.588. The molecule has 1 aliphatic heterocycles. The molecule has 1 aliphatic rings. The largest absolute Gasteiger partial charge is 0.493 e. The van der Waals surface area contributed by atoms with E-state index < -0.39 is 0 Å². The molecule has 0 spiro atoms. The summed E-state index contributed by atoms with van der Waals surface area (Å²) >= 11 is 3.59. The lowest BCUT2D eigenvalue weighted by molar-refractivity contribution is 0.181. The summed E-state index contributed by atoms with van der Waals surface area (Å²) in [6.07, 6.45) is 1.11. The number of nitrogens with one attached hydrogen (secondary N) is 1. The first-order valence-electron chi connectivity index (χ1n) is 7.99. The van der Waals surface area contributed by atoms with Crippen LogP contribution < -0.4 is 14.8 Å². The van der Waals surface area contributed by atoms with Crippen LogP contribution in [0.4, 0.5) is 0 Å². The van der Waals surface area contributed by atoms with Gasteiger partial charge in [-0.3, -0.25) is 4.99 Å². The predicted molar refractivity (Wildman–Crippen MR) is 114 cm³/mol. The van der Waals surface area contributed by atoms with Crippen LogP contribution >= 0.6 is 39.9 Å². The van der Waals surface area contributed by atoms with Crippen molar-refractivity contribution in [1.82, 2.24) is 10.2 Å². The van der Waals surface area contributed by atoms with Crippen molar-refractivity contribution in [2.45, 2.75) is 13.0 Å². The van der Waals surface area contributed by atoms with E-state index in [9.17, 15) is 0 Å².